The Morgan fingerprint density at radius 2 is 1.79 bits per heavy atom. The van der Waals surface area contributed by atoms with Gasteiger partial charge in [0.1, 0.15) is 10.6 Å². The molecule has 4 aromatic rings. The summed E-state index contributed by atoms with van der Waals surface area (Å²) in [6.07, 6.45) is 1.92. The summed E-state index contributed by atoms with van der Waals surface area (Å²) >= 11 is 1.42. The minimum atomic E-state index is 0.128. The highest BCUT2D eigenvalue weighted by molar-refractivity contribution is 7.21. The van der Waals surface area contributed by atoms with Crippen molar-refractivity contribution in [1.29, 1.82) is 0 Å². The minimum absolute atomic E-state index is 0.128. The van der Waals surface area contributed by atoms with Gasteiger partial charge in [-0.3, -0.25) is 4.79 Å². The molecular formula is C24H20N2O2S. The maximum absolute atomic E-state index is 12.8. The molecule has 0 spiro atoms. The number of methoxy groups -OCH3 is 1. The highest BCUT2D eigenvalue weighted by Gasteiger charge is 2.33. The topological polar surface area (TPSA) is 65.2 Å². The summed E-state index contributed by atoms with van der Waals surface area (Å²) in [6, 6.07) is 20.0. The Labute approximate surface area is 173 Å². The monoisotopic (exact) mass is 400 g/mol. The lowest BCUT2D eigenvalue weighted by atomic mass is 9.99. The van der Waals surface area contributed by atoms with Gasteiger partial charge in [0.15, 0.2) is 5.78 Å². The van der Waals surface area contributed by atoms with Gasteiger partial charge in [0, 0.05) is 16.9 Å². The molecule has 144 valence electrons. The number of thiophene rings is 1. The van der Waals surface area contributed by atoms with Gasteiger partial charge >= 0.3 is 0 Å². The van der Waals surface area contributed by atoms with E-state index in [1.807, 2.05) is 54.6 Å². The van der Waals surface area contributed by atoms with E-state index >= 15 is 0 Å². The Bertz CT molecular complexity index is 1210. The van der Waals surface area contributed by atoms with E-state index < -0.39 is 0 Å². The first-order valence-electron chi connectivity index (χ1n) is 9.63. The Morgan fingerprint density at radius 1 is 1.07 bits per heavy atom. The third kappa shape index (κ3) is 3.17. The number of anilines is 1. The van der Waals surface area contributed by atoms with Crippen molar-refractivity contribution in [3.05, 3.63) is 65.5 Å². The third-order valence-corrected chi connectivity index (χ3v) is 6.46. The van der Waals surface area contributed by atoms with Crippen LogP contribution in [0, 0.1) is 5.92 Å². The number of carbonyl (C=O) groups is 1. The second kappa shape index (κ2) is 7.01. The molecule has 0 unspecified atom stereocenters. The van der Waals surface area contributed by atoms with Crippen LogP contribution in [0.15, 0.2) is 60.7 Å². The molecule has 0 aliphatic heterocycles. The van der Waals surface area contributed by atoms with E-state index in [1.54, 1.807) is 7.11 Å². The average Bonchev–Trinajstić information content (AvgIpc) is 3.57. The SMILES string of the molecule is COc1ccc(-c2cc(-c3ccccc3)nc3sc(C(=O)C4CC4)c(N)c23)cc1. The molecule has 2 heterocycles. The van der Waals surface area contributed by atoms with Crippen LogP contribution in [0.2, 0.25) is 0 Å². The second-order valence-corrected chi connectivity index (χ2v) is 8.31. The molecule has 0 saturated heterocycles. The Balaban J connectivity index is 1.76. The predicted octanol–water partition coefficient (Wildman–Crippen LogP) is 5.81. The first kappa shape index (κ1) is 17.9. The summed E-state index contributed by atoms with van der Waals surface area (Å²) in [7, 11) is 1.65. The molecule has 29 heavy (non-hydrogen) atoms. The summed E-state index contributed by atoms with van der Waals surface area (Å²) in [5, 5.41) is 0.865. The fourth-order valence-corrected chi connectivity index (χ4v) is 4.73. The number of benzene rings is 2. The van der Waals surface area contributed by atoms with Crippen molar-refractivity contribution in [2.45, 2.75) is 12.8 Å². The normalized spacial score (nSPS) is 13.6. The third-order valence-electron chi connectivity index (χ3n) is 5.34. The van der Waals surface area contributed by atoms with Crippen LogP contribution in [-0.2, 0) is 0 Å². The molecule has 1 fully saturated rings. The molecule has 0 amide bonds. The lowest BCUT2D eigenvalue weighted by molar-refractivity contribution is 0.0972. The Hall–Kier alpha value is -3.18. The number of rotatable bonds is 5. The van der Waals surface area contributed by atoms with Crippen molar-refractivity contribution in [1.82, 2.24) is 4.98 Å². The zero-order valence-electron chi connectivity index (χ0n) is 16.0. The molecule has 5 rings (SSSR count). The van der Waals surface area contributed by atoms with Crippen LogP contribution in [0.3, 0.4) is 0 Å². The Kier molecular flexibility index (Phi) is 4.32. The van der Waals surface area contributed by atoms with Crippen LogP contribution in [0.1, 0.15) is 22.5 Å². The zero-order chi connectivity index (χ0) is 20.0. The first-order chi connectivity index (χ1) is 14.2. The smallest absolute Gasteiger partial charge is 0.178 e. The van der Waals surface area contributed by atoms with Crippen LogP contribution >= 0.6 is 11.3 Å². The average molecular weight is 401 g/mol. The van der Waals surface area contributed by atoms with E-state index in [0.717, 1.165) is 51.2 Å². The van der Waals surface area contributed by atoms with Gasteiger partial charge < -0.3 is 10.5 Å². The van der Waals surface area contributed by atoms with Gasteiger partial charge in [0.2, 0.25) is 0 Å². The highest BCUT2D eigenvalue weighted by Crippen LogP contribution is 2.44. The molecule has 5 heteroatoms. The fraction of sp³-hybridized carbons (Fsp3) is 0.167. The van der Waals surface area contributed by atoms with E-state index in [1.165, 1.54) is 11.3 Å². The van der Waals surface area contributed by atoms with Gasteiger partial charge in [-0.25, -0.2) is 4.98 Å². The summed E-state index contributed by atoms with van der Waals surface area (Å²) in [5.74, 6) is 1.08. The van der Waals surface area contributed by atoms with E-state index in [4.69, 9.17) is 15.5 Å². The summed E-state index contributed by atoms with van der Waals surface area (Å²) in [6.45, 7) is 0. The molecule has 1 saturated carbocycles. The molecule has 0 atom stereocenters. The lowest BCUT2D eigenvalue weighted by Crippen LogP contribution is -2.01. The van der Waals surface area contributed by atoms with E-state index in [2.05, 4.69) is 6.07 Å². The van der Waals surface area contributed by atoms with Gasteiger partial charge in [-0.1, -0.05) is 42.5 Å². The number of pyridine rings is 1. The molecular weight excluding hydrogens is 380 g/mol. The molecule has 4 nitrogen and oxygen atoms in total. The van der Waals surface area contributed by atoms with Crippen LogP contribution in [0.25, 0.3) is 32.6 Å². The van der Waals surface area contributed by atoms with Gasteiger partial charge in [-0.15, -0.1) is 11.3 Å². The number of aromatic nitrogens is 1. The number of nitrogen functional groups attached to an aromatic ring is 1. The van der Waals surface area contributed by atoms with E-state index in [9.17, 15) is 4.79 Å². The molecule has 1 aliphatic carbocycles. The van der Waals surface area contributed by atoms with Crippen molar-refractivity contribution >= 4 is 33.0 Å². The van der Waals surface area contributed by atoms with E-state index in [-0.39, 0.29) is 11.7 Å². The van der Waals surface area contributed by atoms with Gasteiger partial charge in [0.25, 0.3) is 0 Å². The fourth-order valence-electron chi connectivity index (χ4n) is 3.59. The second-order valence-electron chi connectivity index (χ2n) is 7.31. The highest BCUT2D eigenvalue weighted by atomic mass is 32.1. The quantitative estimate of drug-likeness (QED) is 0.429. The summed E-state index contributed by atoms with van der Waals surface area (Å²) in [5.41, 5.74) is 11.0. The van der Waals surface area contributed by atoms with Crippen molar-refractivity contribution in [2.75, 3.05) is 12.8 Å². The van der Waals surface area contributed by atoms with Crippen molar-refractivity contribution in [3.8, 4) is 28.1 Å². The molecule has 1 aliphatic rings. The van der Waals surface area contributed by atoms with Gasteiger partial charge in [-0.05, 0) is 42.2 Å². The maximum Gasteiger partial charge on any atom is 0.178 e. The van der Waals surface area contributed by atoms with Crippen LogP contribution in [0.4, 0.5) is 5.69 Å². The van der Waals surface area contributed by atoms with Crippen molar-refractivity contribution in [3.63, 3.8) is 0 Å². The van der Waals surface area contributed by atoms with Gasteiger partial charge in [-0.2, -0.15) is 0 Å². The number of fused-ring (bicyclic) bond motifs is 1. The number of hydrogen-bond acceptors (Lipinski definition) is 5. The number of Topliss-reactive ketones (excluding diaryl/α,β-unsaturated/α-hetero) is 1. The molecule has 0 radical (unpaired) electrons. The predicted molar refractivity (Wildman–Crippen MR) is 119 cm³/mol. The summed E-state index contributed by atoms with van der Waals surface area (Å²) < 4.78 is 5.30. The number of nitrogens with two attached hydrogens (primary N) is 1. The van der Waals surface area contributed by atoms with Crippen molar-refractivity contribution in [2.24, 2.45) is 5.92 Å². The van der Waals surface area contributed by atoms with E-state index in [0.29, 0.717) is 10.6 Å². The largest absolute Gasteiger partial charge is 0.497 e. The number of carbonyl (C=O) groups excluding carboxylic acids is 1. The molecule has 2 N–H and O–H groups in total. The number of ketones is 1. The first-order valence-corrected chi connectivity index (χ1v) is 10.4. The zero-order valence-corrected chi connectivity index (χ0v) is 16.8. The van der Waals surface area contributed by atoms with Gasteiger partial charge in [0.05, 0.1) is 23.4 Å². The molecule has 0 bridgehead atoms. The minimum Gasteiger partial charge on any atom is -0.497 e. The standard InChI is InChI=1S/C24H20N2O2S/c1-28-17-11-9-14(10-12-17)18-13-19(15-5-3-2-4-6-15)26-24-20(18)21(25)23(29-24)22(27)16-7-8-16/h2-6,9-13,16H,7-8,25H2,1H3. The number of nitrogens with zero attached hydrogens (tertiary/aromatic N) is 1. The van der Waals surface area contributed by atoms with Crippen LogP contribution < -0.4 is 10.5 Å². The molecule has 2 aromatic heterocycles. The van der Waals surface area contributed by atoms with Crippen LogP contribution in [0.5, 0.6) is 5.75 Å². The van der Waals surface area contributed by atoms with Crippen LogP contribution in [-0.4, -0.2) is 17.9 Å². The molecule has 2 aromatic carbocycles. The Morgan fingerprint density at radius 3 is 2.45 bits per heavy atom. The van der Waals surface area contributed by atoms with Crippen molar-refractivity contribution < 1.29 is 9.53 Å². The number of ether oxygens (including phenoxy) is 1. The number of hydrogen-bond donors (Lipinski definition) is 1. The summed E-state index contributed by atoms with van der Waals surface area (Å²) in [4.78, 5) is 19.1. The maximum atomic E-state index is 12.8. The lowest BCUT2D eigenvalue weighted by Gasteiger charge is -2.09.